The van der Waals surface area contributed by atoms with Crippen LogP contribution in [0.3, 0.4) is 0 Å². The summed E-state index contributed by atoms with van der Waals surface area (Å²) in [5.41, 5.74) is -1.07. The van der Waals surface area contributed by atoms with Gasteiger partial charge in [0.1, 0.15) is 0 Å². The van der Waals surface area contributed by atoms with Crippen molar-refractivity contribution in [2.45, 2.75) is 16.7 Å². The molecule has 0 saturated carbocycles. The molecule has 2 amide bonds. The number of rotatable bonds is 1. The number of hydrogen-bond donors (Lipinski definition) is 0. The second-order valence-corrected chi connectivity index (χ2v) is 8.47. The lowest BCUT2D eigenvalue weighted by molar-refractivity contribution is -0.138. The van der Waals surface area contributed by atoms with Crippen molar-refractivity contribution in [2.24, 2.45) is 11.8 Å². The molecule has 4 rings (SSSR count). The van der Waals surface area contributed by atoms with E-state index in [1.54, 1.807) is 12.2 Å². The minimum absolute atomic E-state index is 0.111. The fourth-order valence-corrected chi connectivity index (χ4v) is 6.09. The van der Waals surface area contributed by atoms with Crippen molar-refractivity contribution in [1.82, 2.24) is 0 Å². The average Bonchev–Trinajstić information content (AvgIpc) is 3.09. The minimum atomic E-state index is -4.61. The summed E-state index contributed by atoms with van der Waals surface area (Å²) in [6.07, 6.45) is -1.28. The van der Waals surface area contributed by atoms with Gasteiger partial charge in [-0.3, -0.25) is 13.8 Å². The van der Waals surface area contributed by atoms with E-state index in [1.165, 1.54) is 6.07 Å². The third-order valence-electron chi connectivity index (χ3n) is 4.65. The summed E-state index contributed by atoms with van der Waals surface area (Å²) < 4.78 is 51.1. The van der Waals surface area contributed by atoms with Crippen molar-refractivity contribution in [3.05, 3.63) is 40.4 Å². The molecular weight excluding hydrogens is 411 g/mol. The van der Waals surface area contributed by atoms with E-state index in [-0.39, 0.29) is 10.2 Å². The summed E-state index contributed by atoms with van der Waals surface area (Å²) >= 11 is 2.83. The van der Waals surface area contributed by atoms with Gasteiger partial charge in [0.15, 0.2) is 0 Å². The van der Waals surface area contributed by atoms with E-state index in [2.05, 4.69) is 15.9 Å². The quantitative estimate of drug-likeness (QED) is 0.519. The Kier molecular flexibility index (Phi) is 3.34. The predicted molar refractivity (Wildman–Crippen MR) is 83.5 cm³/mol. The maximum absolute atomic E-state index is 13.1. The van der Waals surface area contributed by atoms with E-state index in [0.29, 0.717) is 0 Å². The molecule has 126 valence electrons. The van der Waals surface area contributed by atoms with E-state index >= 15 is 0 Å². The smallest absolute Gasteiger partial charge is 0.274 e. The van der Waals surface area contributed by atoms with Gasteiger partial charge in [-0.1, -0.05) is 28.1 Å². The number of benzene rings is 1. The third-order valence-corrected chi connectivity index (χ3v) is 7.31. The van der Waals surface area contributed by atoms with Crippen LogP contribution in [0.5, 0.6) is 0 Å². The van der Waals surface area contributed by atoms with Crippen LogP contribution in [0.2, 0.25) is 0 Å². The molecular formula is C15H9BrF3NO3S. The lowest BCUT2D eigenvalue weighted by Gasteiger charge is -2.19. The Morgan fingerprint density at radius 2 is 1.58 bits per heavy atom. The van der Waals surface area contributed by atoms with Crippen LogP contribution < -0.4 is 4.90 Å². The molecule has 2 bridgehead atoms. The van der Waals surface area contributed by atoms with Gasteiger partial charge >= 0.3 is 6.18 Å². The lowest BCUT2D eigenvalue weighted by Crippen LogP contribution is -2.35. The number of hydrogen-bond acceptors (Lipinski definition) is 3. The van der Waals surface area contributed by atoms with Crippen molar-refractivity contribution < 1.29 is 27.0 Å². The molecule has 9 heteroatoms. The normalized spacial score (nSPS) is 34.3. The maximum atomic E-state index is 13.1. The number of alkyl halides is 3. The highest BCUT2D eigenvalue weighted by Gasteiger charge is 2.63. The Morgan fingerprint density at radius 1 is 1.04 bits per heavy atom. The highest BCUT2D eigenvalue weighted by Crippen LogP contribution is 2.49. The minimum Gasteiger partial charge on any atom is -0.274 e. The second-order valence-electron chi connectivity index (χ2n) is 5.87. The van der Waals surface area contributed by atoms with Gasteiger partial charge in [0.2, 0.25) is 11.8 Å². The first-order valence-corrected chi connectivity index (χ1v) is 9.11. The average molecular weight is 420 g/mol. The fourth-order valence-electron chi connectivity index (χ4n) is 3.61. The molecule has 0 N–H and O–H groups in total. The highest BCUT2D eigenvalue weighted by molar-refractivity contribution is 9.10. The van der Waals surface area contributed by atoms with E-state index in [9.17, 15) is 27.0 Å². The number of anilines is 1. The molecule has 4 atom stereocenters. The number of halogens is 4. The standard InChI is InChI=1S/C15H9BrF3NO3S/c16-8-2-1-6(5-7(8)15(17,18)19)20-13(21)11-9-3-4-10(24(9)23)12(11)14(20)22/h1-5,9-12H. The number of imide groups is 1. The van der Waals surface area contributed by atoms with Gasteiger partial charge in [0.25, 0.3) is 0 Å². The van der Waals surface area contributed by atoms with Crippen molar-refractivity contribution in [3.8, 4) is 0 Å². The van der Waals surface area contributed by atoms with Gasteiger partial charge in [-0.15, -0.1) is 0 Å². The molecule has 0 aliphatic carbocycles. The van der Waals surface area contributed by atoms with Crippen molar-refractivity contribution in [1.29, 1.82) is 0 Å². The van der Waals surface area contributed by atoms with E-state index in [1.807, 2.05) is 0 Å². The van der Waals surface area contributed by atoms with Crippen LogP contribution in [-0.2, 0) is 26.6 Å². The molecule has 4 unspecified atom stereocenters. The molecule has 1 aromatic carbocycles. The lowest BCUT2D eigenvalue weighted by atomic mass is 9.85. The number of fused-ring (bicyclic) bond motifs is 5. The van der Waals surface area contributed by atoms with Crippen LogP contribution in [0.25, 0.3) is 0 Å². The van der Waals surface area contributed by atoms with Gasteiger partial charge < -0.3 is 0 Å². The van der Waals surface area contributed by atoms with Gasteiger partial charge in [-0.25, -0.2) is 4.90 Å². The van der Waals surface area contributed by atoms with Gasteiger partial charge in [-0.2, -0.15) is 13.2 Å². The SMILES string of the molecule is O=C1C2C(C(=O)N1c1ccc(Br)c(C(F)(F)F)c1)C1C=CC2S1=O. The van der Waals surface area contributed by atoms with Crippen LogP contribution in [-0.4, -0.2) is 26.5 Å². The zero-order chi connectivity index (χ0) is 17.4. The summed E-state index contributed by atoms with van der Waals surface area (Å²) in [5, 5.41) is -1.06. The van der Waals surface area contributed by atoms with Gasteiger partial charge in [-0.05, 0) is 18.2 Å². The van der Waals surface area contributed by atoms with Crippen LogP contribution >= 0.6 is 15.9 Å². The van der Waals surface area contributed by atoms with Crippen molar-refractivity contribution in [3.63, 3.8) is 0 Å². The van der Waals surface area contributed by atoms with Gasteiger partial charge in [0.05, 0.1) is 33.6 Å². The summed E-state index contributed by atoms with van der Waals surface area (Å²) in [7, 11) is -1.31. The second kappa shape index (κ2) is 5.01. The molecule has 24 heavy (non-hydrogen) atoms. The maximum Gasteiger partial charge on any atom is 0.417 e. The largest absolute Gasteiger partial charge is 0.417 e. The topological polar surface area (TPSA) is 54.5 Å². The van der Waals surface area contributed by atoms with E-state index < -0.39 is 56.7 Å². The van der Waals surface area contributed by atoms with Crippen LogP contribution in [0.4, 0.5) is 18.9 Å². The molecule has 0 aromatic heterocycles. The molecule has 3 aliphatic rings. The summed E-state index contributed by atoms with van der Waals surface area (Å²) in [4.78, 5) is 26.1. The first-order valence-electron chi connectivity index (χ1n) is 7.04. The van der Waals surface area contributed by atoms with Crippen molar-refractivity contribution >= 4 is 44.2 Å². The first kappa shape index (κ1) is 16.0. The molecule has 2 fully saturated rings. The van der Waals surface area contributed by atoms with E-state index in [0.717, 1.165) is 17.0 Å². The number of carbonyl (C=O) groups excluding carboxylic acids is 2. The van der Waals surface area contributed by atoms with Gasteiger partial charge in [0, 0.05) is 15.3 Å². The zero-order valence-corrected chi connectivity index (χ0v) is 14.2. The first-order chi connectivity index (χ1) is 11.2. The Bertz CT molecular complexity index is 804. The fraction of sp³-hybridized carbons (Fsp3) is 0.333. The van der Waals surface area contributed by atoms with Crippen LogP contribution in [0.1, 0.15) is 5.56 Å². The summed E-state index contributed by atoms with van der Waals surface area (Å²) in [6.45, 7) is 0. The summed E-state index contributed by atoms with van der Waals surface area (Å²) in [6, 6.07) is 3.24. The molecule has 2 saturated heterocycles. The molecule has 3 aliphatic heterocycles. The number of carbonyl (C=O) groups is 2. The molecule has 0 spiro atoms. The molecule has 4 nitrogen and oxygen atoms in total. The Balaban J connectivity index is 1.76. The Hall–Kier alpha value is -1.48. The number of nitrogens with zero attached hydrogens (tertiary/aromatic N) is 1. The van der Waals surface area contributed by atoms with Crippen LogP contribution in [0.15, 0.2) is 34.8 Å². The predicted octanol–water partition coefficient (Wildman–Crippen LogP) is 2.64. The van der Waals surface area contributed by atoms with Crippen LogP contribution in [0, 0.1) is 11.8 Å². The zero-order valence-electron chi connectivity index (χ0n) is 11.8. The Labute approximate surface area is 145 Å². The van der Waals surface area contributed by atoms with Crippen molar-refractivity contribution in [2.75, 3.05) is 4.90 Å². The monoisotopic (exact) mass is 419 g/mol. The van der Waals surface area contributed by atoms with E-state index in [4.69, 9.17) is 0 Å². The Morgan fingerprint density at radius 3 is 2.08 bits per heavy atom. The molecule has 3 heterocycles. The molecule has 1 aromatic rings. The number of amides is 2. The highest BCUT2D eigenvalue weighted by atomic mass is 79.9. The summed E-state index contributed by atoms with van der Waals surface area (Å²) in [5.74, 6) is -2.64. The molecule has 0 radical (unpaired) electrons. The third kappa shape index (κ3) is 2.00.